The number of carbonyl (C=O) groups excluding carboxylic acids is 2. The fourth-order valence-electron chi connectivity index (χ4n) is 6.15. The van der Waals surface area contributed by atoms with Crippen molar-refractivity contribution >= 4 is 23.5 Å². The van der Waals surface area contributed by atoms with Crippen molar-refractivity contribution in [2.45, 2.75) is 83.8 Å². The van der Waals surface area contributed by atoms with Crippen LogP contribution in [0.25, 0.3) is 0 Å². The van der Waals surface area contributed by atoms with Gasteiger partial charge in [-0.1, -0.05) is 51.5 Å². The van der Waals surface area contributed by atoms with Crippen LogP contribution in [0, 0.1) is 11.8 Å². The number of nitrogens with zero attached hydrogens (tertiary/aromatic N) is 2. The van der Waals surface area contributed by atoms with Crippen LogP contribution < -0.4 is 10.1 Å². The molecule has 11 heteroatoms. The molecule has 2 aromatic carbocycles. The molecule has 2 N–H and O–H groups in total. The summed E-state index contributed by atoms with van der Waals surface area (Å²) in [7, 11) is 0. The number of carboxylic acids is 1. The number of ether oxygens (including phenoxy) is 1. The third-order valence-corrected chi connectivity index (χ3v) is 8.36. The van der Waals surface area contributed by atoms with Crippen LogP contribution in [0.5, 0.6) is 5.75 Å². The summed E-state index contributed by atoms with van der Waals surface area (Å²) in [5.74, 6) is -1.21. The molecule has 43 heavy (non-hydrogen) atoms. The maximum Gasteiger partial charge on any atom is 0.573 e. The van der Waals surface area contributed by atoms with E-state index in [1.54, 1.807) is 30.3 Å². The van der Waals surface area contributed by atoms with Gasteiger partial charge in [0.1, 0.15) is 17.1 Å². The quantitative estimate of drug-likeness (QED) is 0.306. The fraction of sp³-hybridized carbons (Fsp3) is 0.500. The summed E-state index contributed by atoms with van der Waals surface area (Å²) in [6.45, 7) is 6.38. The minimum absolute atomic E-state index is 0.00583. The highest BCUT2D eigenvalue weighted by molar-refractivity contribution is 6.46. The van der Waals surface area contributed by atoms with Crippen molar-refractivity contribution in [3.05, 3.63) is 65.2 Å². The van der Waals surface area contributed by atoms with Gasteiger partial charge in [-0.2, -0.15) is 0 Å². The van der Waals surface area contributed by atoms with Gasteiger partial charge >= 0.3 is 12.3 Å². The van der Waals surface area contributed by atoms with Crippen LogP contribution in [0.4, 0.5) is 13.2 Å². The molecular formula is C32H38F3N3O5. The molecule has 1 heterocycles. The van der Waals surface area contributed by atoms with E-state index in [4.69, 9.17) is 10.1 Å². The van der Waals surface area contributed by atoms with Gasteiger partial charge in [0.05, 0.1) is 12.5 Å². The largest absolute Gasteiger partial charge is 0.573 e. The molecule has 0 unspecified atom stereocenters. The van der Waals surface area contributed by atoms with Crippen molar-refractivity contribution in [2.75, 3.05) is 6.54 Å². The lowest BCUT2D eigenvalue weighted by Crippen LogP contribution is -2.51. The fourth-order valence-corrected chi connectivity index (χ4v) is 6.15. The molecule has 0 saturated heterocycles. The first-order chi connectivity index (χ1) is 20.3. The minimum Gasteiger partial charge on any atom is -0.481 e. The van der Waals surface area contributed by atoms with Crippen LogP contribution in [0.3, 0.4) is 0 Å². The van der Waals surface area contributed by atoms with E-state index in [1.165, 1.54) is 18.2 Å². The first-order valence-electron chi connectivity index (χ1n) is 14.7. The number of carbonyl (C=O) groups is 3. The standard InChI is InChI=1S/C32H38F3N3O5/c1-4-6-26(22-9-11-23(12-10-22)29(41)36-18-15-27(39)40)38-30(42)28(24-7-5-8-25(19-24)43-32(33,34)35)37-31(38)16-13-21(14-17-31)20(2)3/h5,7-12,19-21,26H,4,6,13-18H2,1-3H3,(H,36,41)(H,39,40)/t21?,26-,31?/m1/s1. The number of hydrogen-bond donors (Lipinski definition) is 2. The van der Waals surface area contributed by atoms with Crippen molar-refractivity contribution in [1.29, 1.82) is 0 Å². The molecule has 4 rings (SSSR count). The third kappa shape index (κ3) is 7.55. The number of aliphatic imine (C=N–C) groups is 1. The van der Waals surface area contributed by atoms with Crippen LogP contribution in [0.2, 0.25) is 0 Å². The number of carboxylic acid groups (broad SMARTS) is 1. The number of rotatable bonds is 11. The van der Waals surface area contributed by atoms with Crippen LogP contribution in [0.15, 0.2) is 53.5 Å². The van der Waals surface area contributed by atoms with Crippen molar-refractivity contribution in [2.24, 2.45) is 16.8 Å². The molecule has 1 aliphatic carbocycles. The second kappa shape index (κ2) is 13.2. The van der Waals surface area contributed by atoms with Crippen molar-refractivity contribution in [3.63, 3.8) is 0 Å². The molecule has 8 nitrogen and oxygen atoms in total. The van der Waals surface area contributed by atoms with Crippen LogP contribution in [0.1, 0.15) is 93.2 Å². The highest BCUT2D eigenvalue weighted by Gasteiger charge is 2.52. The summed E-state index contributed by atoms with van der Waals surface area (Å²) in [5, 5.41) is 11.4. The molecule has 1 fully saturated rings. The second-order valence-corrected chi connectivity index (χ2v) is 11.6. The molecule has 1 aliphatic heterocycles. The first-order valence-corrected chi connectivity index (χ1v) is 14.7. The predicted octanol–water partition coefficient (Wildman–Crippen LogP) is 6.50. The molecule has 1 saturated carbocycles. The van der Waals surface area contributed by atoms with Gasteiger partial charge in [-0.15, -0.1) is 13.2 Å². The van der Waals surface area contributed by atoms with Crippen LogP contribution >= 0.6 is 0 Å². The molecular weight excluding hydrogens is 563 g/mol. The summed E-state index contributed by atoms with van der Waals surface area (Å²) in [4.78, 5) is 44.4. The van der Waals surface area contributed by atoms with E-state index in [0.29, 0.717) is 36.7 Å². The minimum atomic E-state index is -4.87. The van der Waals surface area contributed by atoms with Gasteiger partial charge in [0.15, 0.2) is 0 Å². The summed E-state index contributed by atoms with van der Waals surface area (Å²) >= 11 is 0. The van der Waals surface area contributed by atoms with Crippen molar-refractivity contribution in [1.82, 2.24) is 10.2 Å². The Morgan fingerprint density at radius 3 is 2.40 bits per heavy atom. The monoisotopic (exact) mass is 601 g/mol. The molecule has 2 aliphatic rings. The highest BCUT2D eigenvalue weighted by Crippen LogP contribution is 2.48. The number of hydrogen-bond acceptors (Lipinski definition) is 5. The molecule has 0 aromatic heterocycles. The average Bonchev–Trinajstić information content (AvgIpc) is 3.22. The topological polar surface area (TPSA) is 108 Å². The van der Waals surface area contributed by atoms with E-state index >= 15 is 0 Å². The SMILES string of the molecule is CCC[C@H](c1ccc(C(=O)NCCC(=O)O)cc1)N1C(=O)C(c2cccc(OC(F)(F)F)c2)=NC12CCC(C(C)C)CC2. The molecule has 2 amide bonds. The molecule has 1 atom stereocenters. The number of alkyl halides is 3. The molecule has 232 valence electrons. The zero-order chi connectivity index (χ0) is 31.4. The van der Waals surface area contributed by atoms with Crippen molar-refractivity contribution in [3.8, 4) is 5.75 Å². The first kappa shape index (κ1) is 32.0. The van der Waals surface area contributed by atoms with Gasteiger partial charge < -0.3 is 20.1 Å². The van der Waals surface area contributed by atoms with Gasteiger partial charge in [-0.3, -0.25) is 19.4 Å². The zero-order valence-electron chi connectivity index (χ0n) is 24.6. The Hall–Kier alpha value is -3.89. The number of aliphatic carboxylic acids is 1. The third-order valence-electron chi connectivity index (χ3n) is 8.36. The zero-order valence-corrected chi connectivity index (χ0v) is 24.6. The lowest BCUT2D eigenvalue weighted by atomic mass is 9.76. The summed E-state index contributed by atoms with van der Waals surface area (Å²) in [6, 6.07) is 11.9. The Morgan fingerprint density at radius 1 is 1.14 bits per heavy atom. The Labute approximate surface area is 249 Å². The van der Waals surface area contributed by atoms with E-state index in [9.17, 15) is 27.6 Å². The van der Waals surface area contributed by atoms with Gasteiger partial charge in [-0.25, -0.2) is 0 Å². The van der Waals surface area contributed by atoms with E-state index < -0.39 is 29.7 Å². The smallest absolute Gasteiger partial charge is 0.481 e. The Morgan fingerprint density at radius 2 is 1.81 bits per heavy atom. The van der Waals surface area contributed by atoms with Crippen LogP contribution in [-0.2, 0) is 9.59 Å². The maximum absolute atomic E-state index is 14.2. The summed E-state index contributed by atoms with van der Waals surface area (Å²) in [6.07, 6.45) is -0.692. The van der Waals surface area contributed by atoms with Gasteiger partial charge in [-0.05, 0) is 73.8 Å². The Bertz CT molecular complexity index is 1350. The molecule has 0 bridgehead atoms. The van der Waals surface area contributed by atoms with Gasteiger partial charge in [0.25, 0.3) is 11.8 Å². The van der Waals surface area contributed by atoms with Gasteiger partial charge in [0.2, 0.25) is 0 Å². The molecule has 2 aromatic rings. The lowest BCUT2D eigenvalue weighted by molar-refractivity contribution is -0.274. The Kier molecular flexibility index (Phi) is 9.82. The van der Waals surface area contributed by atoms with Crippen LogP contribution in [-0.4, -0.2) is 52.1 Å². The normalized spacial score (nSPS) is 21.2. The van der Waals surface area contributed by atoms with E-state index in [0.717, 1.165) is 24.8 Å². The van der Waals surface area contributed by atoms with E-state index in [1.807, 2.05) is 11.8 Å². The van der Waals surface area contributed by atoms with Crippen molar-refractivity contribution < 1.29 is 37.4 Å². The maximum atomic E-state index is 14.2. The number of benzene rings is 2. The summed E-state index contributed by atoms with van der Waals surface area (Å²) in [5.41, 5.74) is 0.719. The van der Waals surface area contributed by atoms with E-state index in [2.05, 4.69) is 23.9 Å². The average molecular weight is 602 g/mol. The second-order valence-electron chi connectivity index (χ2n) is 11.6. The number of halogens is 3. The predicted molar refractivity (Wildman–Crippen MR) is 155 cm³/mol. The summed E-state index contributed by atoms with van der Waals surface area (Å²) < 4.78 is 43.0. The molecule has 0 radical (unpaired) electrons. The highest BCUT2D eigenvalue weighted by atomic mass is 19.4. The molecule has 1 spiro atoms. The Balaban J connectivity index is 1.68. The number of nitrogens with one attached hydrogen (secondary N) is 1. The lowest BCUT2D eigenvalue weighted by Gasteiger charge is -2.46. The van der Waals surface area contributed by atoms with Gasteiger partial charge in [0, 0.05) is 17.7 Å². The number of amides is 2. The van der Waals surface area contributed by atoms with E-state index in [-0.39, 0.29) is 36.2 Å².